The summed E-state index contributed by atoms with van der Waals surface area (Å²) >= 11 is 0.962. The van der Waals surface area contributed by atoms with Crippen LogP contribution in [0.25, 0.3) is 0 Å². The van der Waals surface area contributed by atoms with E-state index in [9.17, 15) is 19.7 Å². The Hall–Kier alpha value is -4.00. The molecule has 0 saturated carbocycles. The first kappa shape index (κ1) is 21.7. The Morgan fingerprint density at radius 2 is 2.23 bits per heavy atom. The molecule has 1 aromatic carbocycles. The van der Waals surface area contributed by atoms with Gasteiger partial charge < -0.3 is 9.47 Å². The third-order valence-electron chi connectivity index (χ3n) is 3.92. The molecule has 0 atom stereocenters. The number of carbonyl (C=O) groups is 2. The molecule has 2 aromatic rings. The van der Waals surface area contributed by atoms with Crippen molar-refractivity contribution in [3.63, 3.8) is 0 Å². The summed E-state index contributed by atoms with van der Waals surface area (Å²) in [4.78, 5) is 33.5. The topological polar surface area (TPSA) is 150 Å². The summed E-state index contributed by atoms with van der Waals surface area (Å²) in [5.74, 6) is -0.530. The number of nitrogens with zero attached hydrogens (tertiary/aromatic N) is 5. The SMILES string of the molecule is COC(=O)/C=C1/S/C(=N\N=Cc2ccc(OC)c(Cn3cc([N+](=O)[O-])cn3)c2)NC1=O. The molecule has 0 bridgehead atoms. The van der Waals surface area contributed by atoms with Crippen molar-refractivity contribution in [2.45, 2.75) is 6.54 Å². The number of carbonyl (C=O) groups excluding carboxylic acids is 2. The lowest BCUT2D eigenvalue weighted by molar-refractivity contribution is -0.385. The Morgan fingerprint density at radius 3 is 2.90 bits per heavy atom. The molecule has 1 aromatic heterocycles. The zero-order chi connectivity index (χ0) is 22.4. The van der Waals surface area contributed by atoms with Crippen LogP contribution in [0.5, 0.6) is 5.75 Å². The van der Waals surface area contributed by atoms with Crippen LogP contribution in [0, 0.1) is 10.1 Å². The Morgan fingerprint density at radius 1 is 1.42 bits per heavy atom. The molecule has 160 valence electrons. The molecule has 1 aliphatic rings. The summed E-state index contributed by atoms with van der Waals surface area (Å²) < 4.78 is 11.3. The van der Waals surface area contributed by atoms with Crippen LogP contribution < -0.4 is 10.1 Å². The molecular formula is C18H16N6O6S. The third-order valence-corrected chi connectivity index (χ3v) is 4.82. The fourth-order valence-electron chi connectivity index (χ4n) is 2.50. The van der Waals surface area contributed by atoms with Gasteiger partial charge in [0.15, 0.2) is 5.17 Å². The first-order chi connectivity index (χ1) is 14.9. The van der Waals surface area contributed by atoms with Gasteiger partial charge in [0.2, 0.25) is 0 Å². The molecule has 1 aliphatic heterocycles. The average molecular weight is 444 g/mol. The Labute approximate surface area is 179 Å². The van der Waals surface area contributed by atoms with Crippen LogP contribution in [-0.4, -0.2) is 52.2 Å². The van der Waals surface area contributed by atoms with Crippen LogP contribution in [0.1, 0.15) is 11.1 Å². The van der Waals surface area contributed by atoms with Crippen LogP contribution in [-0.2, 0) is 20.9 Å². The number of aromatic nitrogens is 2. The first-order valence-corrected chi connectivity index (χ1v) is 9.45. The van der Waals surface area contributed by atoms with E-state index in [0.29, 0.717) is 11.3 Å². The van der Waals surface area contributed by atoms with Crippen molar-refractivity contribution in [3.8, 4) is 5.75 Å². The molecular weight excluding hydrogens is 428 g/mol. The average Bonchev–Trinajstić information content (AvgIpc) is 3.35. The summed E-state index contributed by atoms with van der Waals surface area (Å²) in [5, 5.41) is 25.4. The summed E-state index contributed by atoms with van der Waals surface area (Å²) in [6.45, 7) is 0.251. The summed E-state index contributed by atoms with van der Waals surface area (Å²) in [5.41, 5.74) is 1.30. The molecule has 0 aliphatic carbocycles. The van der Waals surface area contributed by atoms with Crippen molar-refractivity contribution in [1.29, 1.82) is 0 Å². The zero-order valence-corrected chi connectivity index (χ0v) is 17.2. The van der Waals surface area contributed by atoms with Gasteiger partial charge in [-0.2, -0.15) is 10.2 Å². The number of hydrogen-bond acceptors (Lipinski definition) is 10. The second kappa shape index (κ2) is 9.67. The molecule has 1 N–H and O–H groups in total. The van der Waals surface area contributed by atoms with Crippen molar-refractivity contribution < 1.29 is 24.0 Å². The molecule has 13 heteroatoms. The van der Waals surface area contributed by atoms with Gasteiger partial charge in [-0.15, -0.1) is 5.10 Å². The van der Waals surface area contributed by atoms with E-state index in [2.05, 4.69) is 25.4 Å². The fourth-order valence-corrected chi connectivity index (χ4v) is 3.24. The number of ether oxygens (including phenoxy) is 2. The molecule has 1 amide bonds. The number of nitro groups is 1. The minimum atomic E-state index is -0.643. The van der Waals surface area contributed by atoms with E-state index in [1.165, 1.54) is 37.5 Å². The molecule has 1 saturated heterocycles. The fraction of sp³-hybridized carbons (Fsp3) is 0.167. The van der Waals surface area contributed by atoms with Crippen molar-refractivity contribution in [1.82, 2.24) is 15.1 Å². The van der Waals surface area contributed by atoms with Crippen LogP contribution in [0.2, 0.25) is 0 Å². The highest BCUT2D eigenvalue weighted by atomic mass is 32.2. The Bertz CT molecular complexity index is 1120. The van der Waals surface area contributed by atoms with E-state index in [-0.39, 0.29) is 22.3 Å². The van der Waals surface area contributed by atoms with Gasteiger partial charge in [-0.25, -0.2) is 4.79 Å². The number of nitrogens with one attached hydrogen (secondary N) is 1. The number of amidine groups is 1. The van der Waals surface area contributed by atoms with Crippen LogP contribution >= 0.6 is 11.8 Å². The number of hydrogen-bond donors (Lipinski definition) is 1. The minimum Gasteiger partial charge on any atom is -0.496 e. The maximum atomic E-state index is 11.8. The standard InChI is InChI=1S/C18H16N6O6S/c1-29-14-4-3-11(5-12(14)9-23-10-13(8-20-23)24(27)28)7-19-22-18-21-17(26)15(31-18)6-16(25)30-2/h3-8,10H,9H2,1-2H3,(H,21,22,26)/b15-6+,19-7?. The van der Waals surface area contributed by atoms with Gasteiger partial charge >= 0.3 is 11.7 Å². The molecule has 31 heavy (non-hydrogen) atoms. The van der Waals surface area contributed by atoms with Crippen LogP contribution in [0.15, 0.2) is 51.8 Å². The van der Waals surface area contributed by atoms with E-state index in [1.807, 2.05) is 0 Å². The zero-order valence-electron chi connectivity index (χ0n) is 16.3. The van der Waals surface area contributed by atoms with Crippen molar-refractivity contribution in [2.24, 2.45) is 10.2 Å². The molecule has 0 radical (unpaired) electrons. The monoisotopic (exact) mass is 444 g/mol. The quantitative estimate of drug-likeness (QED) is 0.222. The largest absolute Gasteiger partial charge is 0.496 e. The lowest BCUT2D eigenvalue weighted by Gasteiger charge is -2.09. The Balaban J connectivity index is 1.74. The lowest BCUT2D eigenvalue weighted by atomic mass is 10.1. The van der Waals surface area contributed by atoms with E-state index >= 15 is 0 Å². The second-order valence-corrected chi connectivity index (χ2v) is 6.99. The molecule has 0 spiro atoms. The van der Waals surface area contributed by atoms with E-state index in [1.54, 1.807) is 18.2 Å². The maximum absolute atomic E-state index is 11.8. The molecule has 3 rings (SSSR count). The van der Waals surface area contributed by atoms with Crippen LogP contribution in [0.4, 0.5) is 5.69 Å². The molecule has 0 unspecified atom stereocenters. The second-order valence-electron chi connectivity index (χ2n) is 5.96. The normalized spacial score (nSPS) is 16.1. The first-order valence-electron chi connectivity index (χ1n) is 8.63. The van der Waals surface area contributed by atoms with Gasteiger partial charge in [-0.05, 0) is 35.5 Å². The van der Waals surface area contributed by atoms with Gasteiger partial charge in [-0.3, -0.25) is 24.9 Å². The highest BCUT2D eigenvalue weighted by Gasteiger charge is 2.25. The Kier molecular flexibility index (Phi) is 6.77. The predicted molar refractivity (Wildman–Crippen MR) is 112 cm³/mol. The smallest absolute Gasteiger partial charge is 0.331 e. The van der Waals surface area contributed by atoms with Crippen LogP contribution in [0.3, 0.4) is 0 Å². The van der Waals surface area contributed by atoms with Gasteiger partial charge in [-0.1, -0.05) is 0 Å². The van der Waals surface area contributed by atoms with E-state index < -0.39 is 16.8 Å². The molecule has 12 nitrogen and oxygen atoms in total. The van der Waals surface area contributed by atoms with Crippen molar-refractivity contribution >= 4 is 40.7 Å². The van der Waals surface area contributed by atoms with Crippen molar-refractivity contribution in [3.05, 3.63) is 62.8 Å². The summed E-state index contributed by atoms with van der Waals surface area (Å²) in [6.07, 6.45) is 5.04. The van der Waals surface area contributed by atoms with E-state index in [4.69, 9.17) is 4.74 Å². The molecule has 1 fully saturated rings. The highest BCUT2D eigenvalue weighted by Crippen LogP contribution is 2.24. The number of esters is 1. The predicted octanol–water partition coefficient (Wildman–Crippen LogP) is 1.46. The summed E-state index contributed by atoms with van der Waals surface area (Å²) in [7, 11) is 2.73. The summed E-state index contributed by atoms with van der Waals surface area (Å²) in [6, 6.07) is 5.25. The lowest BCUT2D eigenvalue weighted by Crippen LogP contribution is -2.19. The molecule has 2 heterocycles. The third kappa shape index (κ3) is 5.54. The minimum absolute atomic E-state index is 0.107. The van der Waals surface area contributed by atoms with Gasteiger partial charge in [0.1, 0.15) is 18.1 Å². The number of benzene rings is 1. The van der Waals surface area contributed by atoms with Gasteiger partial charge in [0.25, 0.3) is 5.91 Å². The van der Waals surface area contributed by atoms with Gasteiger partial charge in [0.05, 0.1) is 36.8 Å². The number of amides is 1. The number of thioether (sulfide) groups is 1. The number of methoxy groups -OCH3 is 2. The maximum Gasteiger partial charge on any atom is 0.331 e. The number of rotatable bonds is 7. The van der Waals surface area contributed by atoms with Crippen molar-refractivity contribution in [2.75, 3.05) is 14.2 Å². The van der Waals surface area contributed by atoms with Gasteiger partial charge in [0, 0.05) is 11.6 Å². The highest BCUT2D eigenvalue weighted by molar-refractivity contribution is 8.18. The van der Waals surface area contributed by atoms with E-state index in [0.717, 1.165) is 23.4 Å².